The number of phenolic OH excluding ortho intramolecular Hbond substituents is 1. The number of fused-ring (bicyclic) bond motifs is 4. The summed E-state index contributed by atoms with van der Waals surface area (Å²) in [7, 11) is 0. The largest absolute Gasteiger partial charge is 0.508 e. The summed E-state index contributed by atoms with van der Waals surface area (Å²) >= 11 is 12.5. The van der Waals surface area contributed by atoms with Crippen molar-refractivity contribution >= 4 is 52.5 Å². The second kappa shape index (κ2) is 8.36. The SMILES string of the molecule is C[C@@]12C(=O)N(c3ccc(F)c(Cl)c3)C(=O)[C@@H]1C[C@@H]1C(=CC[C@@H]3C(=O)N(O)C(=O)[C@@H]31)[C@@H]2c1ccc(O)cc1Cl. The van der Waals surface area contributed by atoms with Crippen LogP contribution >= 0.6 is 23.2 Å². The maximum absolute atomic E-state index is 14.2. The number of aromatic hydroxyl groups is 1. The normalized spacial score (nSPS) is 32.3. The Balaban J connectivity index is 1.55. The fourth-order valence-corrected chi connectivity index (χ4v) is 7.42. The van der Waals surface area contributed by atoms with Crippen molar-refractivity contribution in [3.05, 3.63) is 69.5 Å². The van der Waals surface area contributed by atoms with Gasteiger partial charge in [0.2, 0.25) is 11.8 Å². The molecule has 11 heteroatoms. The summed E-state index contributed by atoms with van der Waals surface area (Å²) in [6.45, 7) is 1.67. The zero-order chi connectivity index (χ0) is 27.3. The van der Waals surface area contributed by atoms with Crippen LogP contribution < -0.4 is 4.90 Å². The molecule has 38 heavy (non-hydrogen) atoms. The zero-order valence-electron chi connectivity index (χ0n) is 19.9. The number of carbonyl (C=O) groups is 4. The van der Waals surface area contributed by atoms with Crippen LogP contribution in [-0.2, 0) is 19.2 Å². The quantitative estimate of drug-likeness (QED) is 0.319. The summed E-state index contributed by atoms with van der Waals surface area (Å²) in [4.78, 5) is 54.6. The molecular formula is C27H21Cl2FN2O6. The molecule has 2 aromatic carbocycles. The molecule has 4 amide bonds. The van der Waals surface area contributed by atoms with Gasteiger partial charge in [-0.1, -0.05) is 40.9 Å². The minimum Gasteiger partial charge on any atom is -0.508 e. The van der Waals surface area contributed by atoms with Crippen molar-refractivity contribution in [1.29, 1.82) is 0 Å². The van der Waals surface area contributed by atoms with Crippen LogP contribution in [-0.4, -0.2) is 39.0 Å². The fourth-order valence-electron chi connectivity index (χ4n) is 6.96. The first-order chi connectivity index (χ1) is 18.0. The molecule has 2 N–H and O–H groups in total. The molecule has 0 radical (unpaired) electrons. The predicted octanol–water partition coefficient (Wildman–Crippen LogP) is 4.46. The molecule has 2 aromatic rings. The number of hydrogen-bond donors (Lipinski definition) is 2. The standard InChI is InChI=1S/C27H21Cl2FN2O6/c1-27-17(24(35)31(26(27)37)11-2-7-20(30)19(29)8-11)10-16-13(22(27)14-4-3-12(33)9-18(14)28)5-6-15-21(16)25(36)32(38)23(15)34/h2-5,7-9,15-17,21-22,33,38H,6,10H2,1H3/t15-,16+,17-,21-,22+,27+/m0/s1. The molecule has 8 nitrogen and oxygen atoms in total. The number of phenols is 1. The minimum atomic E-state index is -1.36. The number of halogens is 3. The Bertz CT molecular complexity index is 1490. The number of hydrogen-bond acceptors (Lipinski definition) is 6. The third kappa shape index (κ3) is 3.18. The lowest BCUT2D eigenvalue weighted by atomic mass is 9.51. The van der Waals surface area contributed by atoms with Crippen molar-refractivity contribution in [2.24, 2.45) is 29.1 Å². The van der Waals surface area contributed by atoms with E-state index < -0.39 is 64.5 Å². The molecule has 0 bridgehead atoms. The molecule has 3 fully saturated rings. The number of carbonyl (C=O) groups excluding carboxylic acids is 4. The highest BCUT2D eigenvalue weighted by Crippen LogP contribution is 2.64. The Hall–Kier alpha value is -3.27. The van der Waals surface area contributed by atoms with E-state index in [1.807, 2.05) is 0 Å². The summed E-state index contributed by atoms with van der Waals surface area (Å²) < 4.78 is 13.9. The van der Waals surface area contributed by atoms with Crippen molar-refractivity contribution in [2.45, 2.75) is 25.7 Å². The van der Waals surface area contributed by atoms with Crippen LogP contribution in [0, 0.1) is 34.9 Å². The summed E-state index contributed by atoms with van der Waals surface area (Å²) in [5.41, 5.74) is -0.0995. The Morgan fingerprint density at radius 2 is 1.71 bits per heavy atom. The molecule has 2 saturated heterocycles. The van der Waals surface area contributed by atoms with Gasteiger partial charge in [0, 0.05) is 10.9 Å². The van der Waals surface area contributed by atoms with E-state index in [4.69, 9.17) is 23.2 Å². The number of nitrogens with zero attached hydrogens (tertiary/aromatic N) is 2. The lowest BCUT2D eigenvalue weighted by Gasteiger charge is -2.49. The van der Waals surface area contributed by atoms with Gasteiger partial charge in [0.25, 0.3) is 11.8 Å². The topological polar surface area (TPSA) is 115 Å². The lowest BCUT2D eigenvalue weighted by Crippen LogP contribution is -2.48. The van der Waals surface area contributed by atoms with E-state index in [9.17, 15) is 33.9 Å². The molecule has 0 unspecified atom stereocenters. The molecule has 2 aliphatic carbocycles. The molecule has 1 saturated carbocycles. The molecule has 6 atom stereocenters. The van der Waals surface area contributed by atoms with Gasteiger partial charge in [-0.3, -0.25) is 24.4 Å². The van der Waals surface area contributed by atoms with Gasteiger partial charge in [0.15, 0.2) is 0 Å². The van der Waals surface area contributed by atoms with Crippen LogP contribution in [0.15, 0.2) is 48.0 Å². The maximum atomic E-state index is 14.2. The molecule has 0 aromatic heterocycles. The predicted molar refractivity (Wildman–Crippen MR) is 133 cm³/mol. The van der Waals surface area contributed by atoms with Gasteiger partial charge >= 0.3 is 0 Å². The van der Waals surface area contributed by atoms with Crippen LogP contribution in [0.1, 0.15) is 31.2 Å². The van der Waals surface area contributed by atoms with Crippen LogP contribution in [0.4, 0.5) is 10.1 Å². The number of anilines is 1. The van der Waals surface area contributed by atoms with Crippen LogP contribution in [0.25, 0.3) is 0 Å². The highest BCUT2D eigenvalue weighted by Gasteiger charge is 2.67. The summed E-state index contributed by atoms with van der Waals surface area (Å²) in [5.74, 6) is -7.31. The van der Waals surface area contributed by atoms with Crippen molar-refractivity contribution in [3.63, 3.8) is 0 Å². The number of amides is 4. The molecule has 196 valence electrons. The van der Waals surface area contributed by atoms with Gasteiger partial charge in [0.1, 0.15) is 11.6 Å². The first-order valence-corrected chi connectivity index (χ1v) is 12.8. The highest BCUT2D eigenvalue weighted by molar-refractivity contribution is 6.32. The first kappa shape index (κ1) is 25.0. The van der Waals surface area contributed by atoms with E-state index in [2.05, 4.69) is 0 Å². The van der Waals surface area contributed by atoms with Crippen LogP contribution in [0.5, 0.6) is 5.75 Å². The van der Waals surface area contributed by atoms with Crippen LogP contribution in [0.3, 0.4) is 0 Å². The Labute approximate surface area is 226 Å². The maximum Gasteiger partial charge on any atom is 0.257 e. The molecule has 2 aliphatic heterocycles. The Morgan fingerprint density at radius 1 is 0.974 bits per heavy atom. The smallest absolute Gasteiger partial charge is 0.257 e. The van der Waals surface area contributed by atoms with E-state index in [1.165, 1.54) is 24.3 Å². The molecule has 6 rings (SSSR count). The third-order valence-corrected chi connectivity index (χ3v) is 9.32. The lowest BCUT2D eigenvalue weighted by molar-refractivity contribution is -0.173. The van der Waals surface area contributed by atoms with Gasteiger partial charge in [-0.2, -0.15) is 5.06 Å². The molecular weight excluding hydrogens is 538 g/mol. The average molecular weight is 559 g/mol. The minimum absolute atomic E-state index is 0.0819. The van der Waals surface area contributed by atoms with Crippen molar-refractivity contribution in [2.75, 3.05) is 4.90 Å². The molecule has 4 aliphatic rings. The van der Waals surface area contributed by atoms with Crippen LogP contribution in [0.2, 0.25) is 10.0 Å². The van der Waals surface area contributed by atoms with E-state index in [0.29, 0.717) is 11.1 Å². The number of allylic oxidation sites excluding steroid dienone is 2. The number of imide groups is 2. The second-order valence-electron chi connectivity index (χ2n) is 10.5. The number of hydroxylamine groups is 2. The van der Waals surface area contributed by atoms with Crippen molar-refractivity contribution in [3.8, 4) is 5.75 Å². The molecule has 0 spiro atoms. The monoisotopic (exact) mass is 558 g/mol. The second-order valence-corrected chi connectivity index (χ2v) is 11.3. The van der Waals surface area contributed by atoms with Gasteiger partial charge in [0.05, 0.1) is 33.9 Å². The zero-order valence-corrected chi connectivity index (χ0v) is 21.4. The molecule has 2 heterocycles. The highest BCUT2D eigenvalue weighted by atomic mass is 35.5. The summed E-state index contributed by atoms with van der Waals surface area (Å²) in [5, 5.41) is 20.2. The van der Waals surface area contributed by atoms with E-state index in [0.717, 1.165) is 11.0 Å². The van der Waals surface area contributed by atoms with E-state index in [-0.39, 0.29) is 39.4 Å². The average Bonchev–Trinajstić information content (AvgIpc) is 3.21. The van der Waals surface area contributed by atoms with Gasteiger partial charge in [-0.15, -0.1) is 0 Å². The third-order valence-electron chi connectivity index (χ3n) is 8.71. The van der Waals surface area contributed by atoms with Gasteiger partial charge in [-0.05, 0) is 61.6 Å². The van der Waals surface area contributed by atoms with E-state index in [1.54, 1.807) is 19.1 Å². The van der Waals surface area contributed by atoms with Crippen molar-refractivity contribution in [1.82, 2.24) is 5.06 Å². The summed E-state index contributed by atoms with van der Waals surface area (Å²) in [6, 6.07) is 7.92. The Morgan fingerprint density at radius 3 is 2.39 bits per heavy atom. The number of rotatable bonds is 2. The van der Waals surface area contributed by atoms with Crippen molar-refractivity contribution < 1.29 is 33.9 Å². The fraction of sp³-hybridized carbons (Fsp3) is 0.333. The number of benzene rings is 2. The first-order valence-electron chi connectivity index (χ1n) is 12.0. The van der Waals surface area contributed by atoms with E-state index >= 15 is 0 Å². The van der Waals surface area contributed by atoms with Gasteiger partial charge in [-0.25, -0.2) is 9.29 Å². The van der Waals surface area contributed by atoms with Gasteiger partial charge < -0.3 is 5.11 Å². The Kier molecular flexibility index (Phi) is 5.51. The summed E-state index contributed by atoms with van der Waals surface area (Å²) in [6.07, 6.45) is 2.06.